The number of ether oxygens (including phenoxy) is 1. The number of rotatable bonds is 4. The van der Waals surface area contributed by atoms with E-state index in [9.17, 15) is 4.39 Å². The van der Waals surface area contributed by atoms with E-state index in [0.717, 1.165) is 16.9 Å². The molecule has 2 aromatic rings. The first-order valence-corrected chi connectivity index (χ1v) is 7.07. The molecule has 0 unspecified atom stereocenters. The minimum Gasteiger partial charge on any atom is -0.366 e. The van der Waals surface area contributed by atoms with E-state index in [4.69, 9.17) is 4.74 Å². The van der Waals surface area contributed by atoms with Crippen LogP contribution in [0.25, 0.3) is 11.0 Å². The number of nitrogens with one attached hydrogen (secondary N) is 1. The van der Waals surface area contributed by atoms with Crippen LogP contribution in [0.3, 0.4) is 0 Å². The third-order valence-electron chi connectivity index (χ3n) is 3.83. The van der Waals surface area contributed by atoms with Crippen LogP contribution in [0.15, 0.2) is 24.3 Å². The summed E-state index contributed by atoms with van der Waals surface area (Å²) in [4.78, 5) is 9.74. The van der Waals surface area contributed by atoms with Gasteiger partial charge < -0.3 is 9.72 Å². The highest BCUT2D eigenvalue weighted by Crippen LogP contribution is 2.20. The van der Waals surface area contributed by atoms with Gasteiger partial charge in [0.1, 0.15) is 24.7 Å². The molecule has 0 saturated carbocycles. The van der Waals surface area contributed by atoms with E-state index in [-0.39, 0.29) is 6.10 Å². The third kappa shape index (κ3) is 2.69. The maximum absolute atomic E-state index is 13.9. The standard InChI is InChI=1S/C15H20FN3O/c1-10(2)19-7-11(16)14(8-19)20-9-15-17-12-5-3-4-6-13(12)18-15/h3-6,10-11,14H,7-9H2,1-2H3,(H,17,18)/t11-,14+/m1/s1. The summed E-state index contributed by atoms with van der Waals surface area (Å²) in [6.45, 7) is 5.59. The van der Waals surface area contributed by atoms with Gasteiger partial charge in [-0.05, 0) is 26.0 Å². The number of hydrogen-bond donors (Lipinski definition) is 1. The largest absolute Gasteiger partial charge is 0.366 e. The molecule has 1 aromatic heterocycles. The Morgan fingerprint density at radius 3 is 2.90 bits per heavy atom. The molecule has 1 aliphatic heterocycles. The van der Waals surface area contributed by atoms with Crippen molar-refractivity contribution >= 4 is 11.0 Å². The Hall–Kier alpha value is -1.46. The highest BCUT2D eigenvalue weighted by atomic mass is 19.1. The van der Waals surface area contributed by atoms with Crippen LogP contribution < -0.4 is 0 Å². The van der Waals surface area contributed by atoms with Gasteiger partial charge in [-0.15, -0.1) is 0 Å². The van der Waals surface area contributed by atoms with Crippen molar-refractivity contribution in [3.8, 4) is 0 Å². The molecule has 1 N–H and O–H groups in total. The number of nitrogens with zero attached hydrogens (tertiary/aromatic N) is 2. The van der Waals surface area contributed by atoms with Crippen LogP contribution in [-0.2, 0) is 11.3 Å². The van der Waals surface area contributed by atoms with Crippen molar-refractivity contribution in [2.75, 3.05) is 13.1 Å². The summed E-state index contributed by atoms with van der Waals surface area (Å²) < 4.78 is 19.6. The van der Waals surface area contributed by atoms with E-state index in [1.807, 2.05) is 24.3 Å². The summed E-state index contributed by atoms with van der Waals surface area (Å²) in [5, 5.41) is 0. The van der Waals surface area contributed by atoms with Gasteiger partial charge in [-0.25, -0.2) is 9.37 Å². The number of imidazole rings is 1. The van der Waals surface area contributed by atoms with Gasteiger partial charge in [0.15, 0.2) is 0 Å². The Labute approximate surface area is 117 Å². The number of H-pyrrole nitrogens is 1. The lowest BCUT2D eigenvalue weighted by Gasteiger charge is -2.19. The molecule has 1 fully saturated rings. The SMILES string of the molecule is CC(C)N1C[C@@H](F)[C@@H](OCc2nc3ccccc3[nH]2)C1. The second-order valence-corrected chi connectivity index (χ2v) is 5.61. The highest BCUT2D eigenvalue weighted by molar-refractivity contribution is 5.74. The van der Waals surface area contributed by atoms with E-state index in [1.54, 1.807) is 0 Å². The van der Waals surface area contributed by atoms with Gasteiger partial charge in [0, 0.05) is 19.1 Å². The van der Waals surface area contributed by atoms with Crippen molar-refractivity contribution in [1.29, 1.82) is 0 Å². The number of para-hydroxylation sites is 2. The summed E-state index contributed by atoms with van der Waals surface area (Å²) >= 11 is 0. The quantitative estimate of drug-likeness (QED) is 0.933. The normalized spacial score (nSPS) is 24.0. The van der Waals surface area contributed by atoms with Gasteiger partial charge in [-0.3, -0.25) is 4.90 Å². The predicted octanol–water partition coefficient (Wildman–Crippen LogP) is 2.51. The number of aromatic nitrogens is 2. The molecule has 2 heterocycles. The molecule has 2 atom stereocenters. The summed E-state index contributed by atoms with van der Waals surface area (Å²) in [5.74, 6) is 0.751. The number of benzene rings is 1. The third-order valence-corrected chi connectivity index (χ3v) is 3.83. The van der Waals surface area contributed by atoms with E-state index >= 15 is 0 Å². The number of likely N-dealkylation sites (tertiary alicyclic amines) is 1. The molecular formula is C15H20FN3O. The van der Waals surface area contributed by atoms with Gasteiger partial charge in [0.2, 0.25) is 0 Å². The molecule has 0 spiro atoms. The molecule has 3 rings (SSSR count). The van der Waals surface area contributed by atoms with Crippen molar-refractivity contribution in [3.63, 3.8) is 0 Å². The number of halogens is 1. The number of hydrogen-bond acceptors (Lipinski definition) is 3. The van der Waals surface area contributed by atoms with Gasteiger partial charge in [0.25, 0.3) is 0 Å². The van der Waals surface area contributed by atoms with E-state index in [1.165, 1.54) is 0 Å². The van der Waals surface area contributed by atoms with Crippen molar-refractivity contribution in [3.05, 3.63) is 30.1 Å². The van der Waals surface area contributed by atoms with Crippen molar-refractivity contribution in [2.45, 2.75) is 38.8 Å². The summed E-state index contributed by atoms with van der Waals surface area (Å²) in [6, 6.07) is 8.18. The topological polar surface area (TPSA) is 41.1 Å². The highest BCUT2D eigenvalue weighted by Gasteiger charge is 2.34. The zero-order valence-corrected chi connectivity index (χ0v) is 11.8. The maximum Gasteiger partial charge on any atom is 0.140 e. The molecule has 0 amide bonds. The van der Waals surface area contributed by atoms with Crippen LogP contribution in [0.5, 0.6) is 0 Å². The Morgan fingerprint density at radius 2 is 2.20 bits per heavy atom. The second kappa shape index (κ2) is 5.50. The second-order valence-electron chi connectivity index (χ2n) is 5.61. The number of aromatic amines is 1. The van der Waals surface area contributed by atoms with Crippen LogP contribution >= 0.6 is 0 Å². The molecule has 1 saturated heterocycles. The zero-order chi connectivity index (χ0) is 14.1. The molecule has 0 aliphatic carbocycles. The fourth-order valence-electron chi connectivity index (χ4n) is 2.60. The lowest BCUT2D eigenvalue weighted by molar-refractivity contribution is 0.00814. The first-order valence-electron chi connectivity index (χ1n) is 7.07. The fraction of sp³-hybridized carbons (Fsp3) is 0.533. The summed E-state index contributed by atoms with van der Waals surface area (Å²) in [7, 11) is 0. The molecule has 20 heavy (non-hydrogen) atoms. The summed E-state index contributed by atoms with van der Waals surface area (Å²) in [6.07, 6.45) is -1.27. The van der Waals surface area contributed by atoms with Crippen molar-refractivity contribution < 1.29 is 9.13 Å². The molecule has 5 heteroatoms. The van der Waals surface area contributed by atoms with Crippen LogP contribution in [0, 0.1) is 0 Å². The van der Waals surface area contributed by atoms with Crippen molar-refractivity contribution in [2.24, 2.45) is 0 Å². The molecule has 0 radical (unpaired) electrons. The smallest absolute Gasteiger partial charge is 0.140 e. The Bertz CT molecular complexity index is 550. The van der Waals surface area contributed by atoms with Crippen molar-refractivity contribution in [1.82, 2.24) is 14.9 Å². The Kier molecular flexibility index (Phi) is 3.72. The molecular weight excluding hydrogens is 257 g/mol. The van der Waals surface area contributed by atoms with Gasteiger partial charge in [-0.1, -0.05) is 12.1 Å². The molecule has 0 bridgehead atoms. The minimum absolute atomic E-state index is 0.325. The van der Waals surface area contributed by atoms with Gasteiger partial charge >= 0.3 is 0 Å². The Morgan fingerprint density at radius 1 is 1.40 bits per heavy atom. The monoisotopic (exact) mass is 277 g/mol. The van der Waals surface area contributed by atoms with Crippen LogP contribution in [0.1, 0.15) is 19.7 Å². The number of alkyl halides is 1. The van der Waals surface area contributed by atoms with E-state index < -0.39 is 6.17 Å². The van der Waals surface area contributed by atoms with E-state index in [0.29, 0.717) is 25.7 Å². The lowest BCUT2D eigenvalue weighted by atomic mass is 10.3. The van der Waals surface area contributed by atoms with Crippen LogP contribution in [0.4, 0.5) is 4.39 Å². The minimum atomic E-state index is -0.915. The fourth-order valence-corrected chi connectivity index (χ4v) is 2.60. The van der Waals surface area contributed by atoms with E-state index in [2.05, 4.69) is 28.7 Å². The zero-order valence-electron chi connectivity index (χ0n) is 11.8. The maximum atomic E-state index is 13.9. The molecule has 4 nitrogen and oxygen atoms in total. The first-order chi connectivity index (χ1) is 9.63. The molecule has 1 aromatic carbocycles. The van der Waals surface area contributed by atoms with Crippen LogP contribution in [-0.4, -0.2) is 46.3 Å². The summed E-state index contributed by atoms with van der Waals surface area (Å²) in [5.41, 5.74) is 1.90. The average Bonchev–Trinajstić information content (AvgIpc) is 2.99. The number of fused-ring (bicyclic) bond motifs is 1. The lowest BCUT2D eigenvalue weighted by Crippen LogP contribution is -2.29. The average molecular weight is 277 g/mol. The van der Waals surface area contributed by atoms with Crippen LogP contribution in [0.2, 0.25) is 0 Å². The predicted molar refractivity (Wildman–Crippen MR) is 76.3 cm³/mol. The van der Waals surface area contributed by atoms with Gasteiger partial charge in [-0.2, -0.15) is 0 Å². The Balaban J connectivity index is 1.62. The molecule has 1 aliphatic rings. The molecule has 108 valence electrons. The van der Waals surface area contributed by atoms with Gasteiger partial charge in [0.05, 0.1) is 11.0 Å². The first kappa shape index (κ1) is 13.5.